The second-order valence-corrected chi connectivity index (χ2v) is 4.81. The van der Waals surface area contributed by atoms with Crippen LogP contribution in [0, 0.1) is 0 Å². The first-order valence-electron chi connectivity index (χ1n) is 5.62. The molecule has 0 bridgehead atoms. The molecule has 1 atom stereocenters. The lowest BCUT2D eigenvalue weighted by Crippen LogP contribution is -2.40. The van der Waals surface area contributed by atoms with Gasteiger partial charge in [-0.15, -0.1) is 0 Å². The van der Waals surface area contributed by atoms with Crippen LogP contribution in [0.3, 0.4) is 0 Å². The number of carboxylic acid groups (broad SMARTS) is 1. The van der Waals surface area contributed by atoms with Crippen molar-refractivity contribution in [2.24, 2.45) is 0 Å². The topological polar surface area (TPSA) is 83.5 Å². The van der Waals surface area contributed by atoms with Gasteiger partial charge in [-0.05, 0) is 24.1 Å². The molecule has 0 fully saturated rings. The summed E-state index contributed by atoms with van der Waals surface area (Å²) in [4.78, 5) is 11.0. The minimum absolute atomic E-state index is 0.0525. The van der Waals surface area contributed by atoms with Gasteiger partial charge >= 0.3 is 12.1 Å². The second kappa shape index (κ2) is 5.49. The number of carboxylic acids is 1. The number of nitrogens with two attached hydrogens (primary N) is 1. The zero-order valence-corrected chi connectivity index (χ0v) is 11.2. The van der Waals surface area contributed by atoms with Crippen LogP contribution in [0.25, 0.3) is 0 Å². The number of nitrogen functional groups attached to an aromatic ring is 1. The third-order valence-corrected chi connectivity index (χ3v) is 3.29. The average Bonchev–Trinajstić information content (AvgIpc) is 2.31. The van der Waals surface area contributed by atoms with E-state index in [2.05, 4.69) is 0 Å². The molecule has 0 radical (unpaired) electrons. The molecule has 0 spiro atoms. The smallest absolute Gasteiger partial charge is 0.418 e. The highest BCUT2D eigenvalue weighted by atomic mass is 35.5. The molecule has 4 nitrogen and oxygen atoms in total. The standard InChI is InChI=1S/C12H13ClF3NO3/c1-2-11(20,10(18)19)5-6-3-7(12(14,15)16)9(17)8(13)4-6/h3-4,20H,2,5,17H2,1H3,(H,18,19). The van der Waals surface area contributed by atoms with Crippen molar-refractivity contribution in [1.29, 1.82) is 0 Å². The van der Waals surface area contributed by atoms with Crippen molar-refractivity contribution in [2.75, 3.05) is 5.73 Å². The van der Waals surface area contributed by atoms with E-state index < -0.39 is 35.4 Å². The highest BCUT2D eigenvalue weighted by Crippen LogP contribution is 2.38. The van der Waals surface area contributed by atoms with E-state index in [0.29, 0.717) is 6.07 Å². The van der Waals surface area contributed by atoms with Gasteiger partial charge in [0.2, 0.25) is 0 Å². The highest BCUT2D eigenvalue weighted by Gasteiger charge is 2.37. The lowest BCUT2D eigenvalue weighted by Gasteiger charge is -2.22. The van der Waals surface area contributed by atoms with Crippen LogP contribution in [0.5, 0.6) is 0 Å². The number of alkyl halides is 3. The highest BCUT2D eigenvalue weighted by molar-refractivity contribution is 6.33. The van der Waals surface area contributed by atoms with Crippen LogP contribution in [0.4, 0.5) is 18.9 Å². The van der Waals surface area contributed by atoms with Crippen LogP contribution in [-0.4, -0.2) is 21.8 Å². The summed E-state index contributed by atoms with van der Waals surface area (Å²) >= 11 is 5.62. The normalized spacial score (nSPS) is 14.9. The van der Waals surface area contributed by atoms with Gasteiger partial charge in [0.05, 0.1) is 16.3 Å². The van der Waals surface area contributed by atoms with Crippen molar-refractivity contribution in [2.45, 2.75) is 31.5 Å². The van der Waals surface area contributed by atoms with Crippen molar-refractivity contribution in [1.82, 2.24) is 0 Å². The number of hydrogen-bond acceptors (Lipinski definition) is 3. The van der Waals surface area contributed by atoms with Crippen molar-refractivity contribution < 1.29 is 28.2 Å². The van der Waals surface area contributed by atoms with E-state index in [0.717, 1.165) is 6.07 Å². The first kappa shape index (κ1) is 16.6. The van der Waals surface area contributed by atoms with E-state index in [1.807, 2.05) is 0 Å². The number of rotatable bonds is 4. The number of aliphatic hydroxyl groups is 1. The Hall–Kier alpha value is -1.47. The summed E-state index contributed by atoms with van der Waals surface area (Å²) < 4.78 is 38.3. The number of anilines is 1. The molecule has 4 N–H and O–H groups in total. The summed E-state index contributed by atoms with van der Waals surface area (Å²) in [6.07, 6.45) is -5.37. The predicted molar refractivity (Wildman–Crippen MR) is 67.4 cm³/mol. The number of hydrogen-bond donors (Lipinski definition) is 3. The molecule has 112 valence electrons. The molecule has 20 heavy (non-hydrogen) atoms. The molecular weight excluding hydrogens is 299 g/mol. The quantitative estimate of drug-likeness (QED) is 0.747. The van der Waals surface area contributed by atoms with Crippen LogP contribution >= 0.6 is 11.6 Å². The third kappa shape index (κ3) is 3.34. The molecule has 0 aromatic heterocycles. The van der Waals surface area contributed by atoms with Gasteiger partial charge in [-0.3, -0.25) is 0 Å². The Morgan fingerprint density at radius 1 is 1.40 bits per heavy atom. The maximum absolute atomic E-state index is 12.8. The fourth-order valence-corrected chi connectivity index (χ4v) is 1.94. The summed E-state index contributed by atoms with van der Waals surface area (Å²) in [5.74, 6) is -1.51. The average molecular weight is 312 g/mol. The number of aliphatic carboxylic acids is 1. The van der Waals surface area contributed by atoms with Crippen LogP contribution in [0.1, 0.15) is 24.5 Å². The molecule has 1 aromatic carbocycles. The zero-order chi connectivity index (χ0) is 15.7. The van der Waals surface area contributed by atoms with E-state index in [-0.39, 0.29) is 17.0 Å². The largest absolute Gasteiger partial charge is 0.479 e. The molecule has 0 aliphatic carbocycles. The van der Waals surface area contributed by atoms with E-state index in [1.54, 1.807) is 0 Å². The number of carbonyl (C=O) groups is 1. The van der Waals surface area contributed by atoms with Gasteiger partial charge in [0.1, 0.15) is 0 Å². The summed E-state index contributed by atoms with van der Waals surface area (Å²) in [6.45, 7) is 1.41. The van der Waals surface area contributed by atoms with E-state index >= 15 is 0 Å². The molecule has 0 amide bonds. The predicted octanol–water partition coefficient (Wildman–Crippen LogP) is 2.71. The molecule has 1 unspecified atom stereocenters. The molecule has 8 heteroatoms. The first-order valence-corrected chi connectivity index (χ1v) is 6.00. The fraction of sp³-hybridized carbons (Fsp3) is 0.417. The molecule has 0 aliphatic rings. The minimum atomic E-state index is -4.71. The second-order valence-electron chi connectivity index (χ2n) is 4.40. The fourth-order valence-electron chi connectivity index (χ4n) is 1.70. The van der Waals surface area contributed by atoms with Crippen molar-refractivity contribution in [3.05, 3.63) is 28.3 Å². The minimum Gasteiger partial charge on any atom is -0.479 e. The van der Waals surface area contributed by atoms with E-state index in [9.17, 15) is 23.1 Å². The van der Waals surface area contributed by atoms with E-state index in [4.69, 9.17) is 22.4 Å². The van der Waals surface area contributed by atoms with Gasteiger partial charge in [0.25, 0.3) is 0 Å². The molecule has 1 rings (SSSR count). The maximum atomic E-state index is 12.8. The molecular formula is C12H13ClF3NO3. The Bertz CT molecular complexity index is 533. The van der Waals surface area contributed by atoms with Crippen molar-refractivity contribution in [3.63, 3.8) is 0 Å². The third-order valence-electron chi connectivity index (χ3n) is 2.97. The van der Waals surface area contributed by atoms with Crippen LogP contribution in [0.2, 0.25) is 5.02 Å². The molecule has 0 aliphatic heterocycles. The van der Waals surface area contributed by atoms with Gasteiger partial charge in [0, 0.05) is 6.42 Å². The first-order chi connectivity index (χ1) is 9.01. The number of benzene rings is 1. The summed E-state index contributed by atoms with van der Waals surface area (Å²) in [7, 11) is 0. The van der Waals surface area contributed by atoms with Gasteiger partial charge in [-0.25, -0.2) is 4.79 Å². The molecule has 0 saturated carbocycles. The summed E-state index contributed by atoms with van der Waals surface area (Å²) in [5, 5.41) is 18.4. The zero-order valence-electron chi connectivity index (χ0n) is 10.5. The summed E-state index contributed by atoms with van der Waals surface area (Å²) in [5.41, 5.74) is 1.28. The summed E-state index contributed by atoms with van der Waals surface area (Å²) in [6, 6.07) is 1.82. The van der Waals surface area contributed by atoms with Gasteiger partial charge in [-0.2, -0.15) is 13.2 Å². The molecule has 1 aromatic rings. The Morgan fingerprint density at radius 2 is 1.95 bits per heavy atom. The number of halogens is 4. The Balaban J connectivity index is 3.28. The Morgan fingerprint density at radius 3 is 2.35 bits per heavy atom. The lowest BCUT2D eigenvalue weighted by molar-refractivity contribution is -0.158. The van der Waals surface area contributed by atoms with Gasteiger partial charge in [0.15, 0.2) is 5.60 Å². The van der Waals surface area contributed by atoms with Crippen LogP contribution < -0.4 is 5.73 Å². The maximum Gasteiger partial charge on any atom is 0.418 e. The van der Waals surface area contributed by atoms with Crippen molar-refractivity contribution in [3.8, 4) is 0 Å². The SMILES string of the molecule is CCC(O)(Cc1cc(Cl)c(N)c(C(F)(F)F)c1)C(=O)O. The van der Waals surface area contributed by atoms with Gasteiger partial charge in [-0.1, -0.05) is 18.5 Å². The lowest BCUT2D eigenvalue weighted by atomic mass is 9.91. The molecule has 0 heterocycles. The Kier molecular flexibility index (Phi) is 4.55. The monoisotopic (exact) mass is 311 g/mol. The van der Waals surface area contributed by atoms with Gasteiger partial charge < -0.3 is 15.9 Å². The van der Waals surface area contributed by atoms with Crippen LogP contribution in [-0.2, 0) is 17.4 Å². The van der Waals surface area contributed by atoms with Crippen molar-refractivity contribution >= 4 is 23.3 Å². The Labute approximate surface area is 118 Å². The molecule has 0 saturated heterocycles. The van der Waals surface area contributed by atoms with E-state index in [1.165, 1.54) is 6.92 Å². The van der Waals surface area contributed by atoms with Crippen LogP contribution in [0.15, 0.2) is 12.1 Å².